The molecule has 0 unspecified atom stereocenters. The fourth-order valence-corrected chi connectivity index (χ4v) is 0. The van der Waals surface area contributed by atoms with Gasteiger partial charge in [-0.25, -0.2) is 0 Å². The van der Waals surface area contributed by atoms with Crippen LogP contribution in [-0.4, -0.2) is 30.6 Å². The van der Waals surface area contributed by atoms with Gasteiger partial charge in [0.1, 0.15) is 0 Å². The molecule has 2 radical (unpaired) electrons. The third-order valence-corrected chi connectivity index (χ3v) is 0. The first kappa shape index (κ1) is 10.2. The van der Waals surface area contributed by atoms with E-state index < -0.39 is 7.94 Å². The molecule has 5 heteroatoms. The molecule has 0 aromatic rings. The minimum absolute atomic E-state index is 0. The Kier molecular flexibility index (Phi) is 5.34. The van der Waals surface area contributed by atoms with E-state index in [1.807, 2.05) is 0 Å². The van der Waals surface area contributed by atoms with Crippen molar-refractivity contribution in [1.29, 1.82) is 0 Å². The van der Waals surface area contributed by atoms with Gasteiger partial charge in [-0.15, -0.1) is 0 Å². The molecule has 0 aliphatic heterocycles. The van der Waals surface area contributed by atoms with Crippen molar-refractivity contribution in [1.82, 2.24) is 0 Å². The van der Waals surface area contributed by atoms with E-state index in [4.69, 9.17) is 14.7 Å². The number of rotatable bonds is 0. The Bertz CT molecular complexity index is 26.3. The SMILES string of the molecule is C[P+]([O-])([O-])[O-].[Sn+2]. The van der Waals surface area contributed by atoms with Crippen molar-refractivity contribution in [2.75, 3.05) is 6.66 Å². The standard InChI is InChI=1S/CH5O3P.Sn/c1-5(2,3)4;/h1H3,(H2,2,3,4);/q;+2/p-2. The fourth-order valence-electron chi connectivity index (χ4n) is 0. The second kappa shape index (κ2) is 3.15. The van der Waals surface area contributed by atoms with Crippen LogP contribution < -0.4 is 14.7 Å². The molecule has 0 rings (SSSR count). The van der Waals surface area contributed by atoms with Gasteiger partial charge < -0.3 is 14.7 Å². The van der Waals surface area contributed by atoms with Gasteiger partial charge in [-0.3, -0.25) is 0 Å². The minimum Gasteiger partial charge on any atom is -0.688 e. The maximum Gasteiger partial charge on any atom is 2.00 e. The van der Waals surface area contributed by atoms with E-state index in [1.54, 1.807) is 0 Å². The summed E-state index contributed by atoms with van der Waals surface area (Å²) in [6.07, 6.45) is 0. The first-order valence-corrected chi connectivity index (χ1v) is 2.98. The molecular formula is CH3O3PSn. The van der Waals surface area contributed by atoms with Crippen LogP contribution in [0.25, 0.3) is 0 Å². The van der Waals surface area contributed by atoms with Crippen molar-refractivity contribution in [2.45, 2.75) is 0 Å². The third kappa shape index (κ3) is 70.2. The van der Waals surface area contributed by atoms with Crippen molar-refractivity contribution in [3.8, 4) is 0 Å². The molecule has 0 bridgehead atoms. The number of hydrogen-bond acceptors (Lipinski definition) is 3. The Morgan fingerprint density at radius 1 is 1.17 bits per heavy atom. The molecule has 0 aromatic carbocycles. The average molecular weight is 213 g/mol. The summed E-state index contributed by atoms with van der Waals surface area (Å²) in [4.78, 5) is 27.3. The van der Waals surface area contributed by atoms with Crippen molar-refractivity contribution in [3.05, 3.63) is 0 Å². The summed E-state index contributed by atoms with van der Waals surface area (Å²) in [5.74, 6) is 0. The molecule has 0 fully saturated rings. The quantitative estimate of drug-likeness (QED) is 0.319. The molecule has 0 aliphatic carbocycles. The van der Waals surface area contributed by atoms with E-state index in [2.05, 4.69) is 0 Å². The third-order valence-electron chi connectivity index (χ3n) is 0. The second-order valence-electron chi connectivity index (χ2n) is 0.771. The van der Waals surface area contributed by atoms with Crippen LogP contribution in [0.4, 0.5) is 0 Å². The Morgan fingerprint density at radius 2 is 1.17 bits per heavy atom. The van der Waals surface area contributed by atoms with Crippen LogP contribution in [0.2, 0.25) is 0 Å². The van der Waals surface area contributed by atoms with Crippen LogP contribution >= 0.6 is 7.94 Å². The predicted molar refractivity (Wildman–Crippen MR) is 18.6 cm³/mol. The zero-order valence-electron chi connectivity index (χ0n) is 3.17. The first-order chi connectivity index (χ1) is 2.00. The van der Waals surface area contributed by atoms with Gasteiger partial charge in [0, 0.05) is 6.66 Å². The zero-order valence-corrected chi connectivity index (χ0v) is 6.92. The molecule has 0 spiro atoms. The number of hydrogen-bond donors (Lipinski definition) is 0. The molecule has 0 saturated heterocycles. The Hall–Kier alpha value is 1.11. The molecule has 0 N–H and O–H groups in total. The van der Waals surface area contributed by atoms with Crippen molar-refractivity contribution < 1.29 is 14.7 Å². The maximum atomic E-state index is 9.10. The molecule has 0 saturated carbocycles. The van der Waals surface area contributed by atoms with E-state index in [0.29, 0.717) is 6.66 Å². The fraction of sp³-hybridized carbons (Fsp3) is 1.00. The van der Waals surface area contributed by atoms with Gasteiger partial charge in [-0.2, -0.15) is 7.94 Å². The van der Waals surface area contributed by atoms with Gasteiger partial charge >= 0.3 is 23.9 Å². The van der Waals surface area contributed by atoms with E-state index in [9.17, 15) is 0 Å². The predicted octanol–water partition coefficient (Wildman–Crippen LogP) is -2.92. The van der Waals surface area contributed by atoms with E-state index in [-0.39, 0.29) is 23.9 Å². The summed E-state index contributed by atoms with van der Waals surface area (Å²) in [6.45, 7) is 0.632. The van der Waals surface area contributed by atoms with E-state index >= 15 is 0 Å². The Labute approximate surface area is 53.5 Å². The summed E-state index contributed by atoms with van der Waals surface area (Å²) in [5.41, 5.74) is 0. The van der Waals surface area contributed by atoms with Crippen LogP contribution in [0.15, 0.2) is 0 Å². The van der Waals surface area contributed by atoms with E-state index in [1.165, 1.54) is 0 Å². The summed E-state index contributed by atoms with van der Waals surface area (Å²) in [7, 11) is -4.14. The molecule has 0 heterocycles. The molecule has 6 heavy (non-hydrogen) atoms. The average Bonchev–Trinajstić information content (AvgIpc) is 0.722. The first-order valence-electron chi connectivity index (χ1n) is 0.995. The van der Waals surface area contributed by atoms with Gasteiger partial charge in [-0.1, -0.05) is 0 Å². The van der Waals surface area contributed by atoms with E-state index in [0.717, 1.165) is 0 Å². The normalized spacial score (nSPS) is 10.0. The summed E-state index contributed by atoms with van der Waals surface area (Å²) >= 11 is 0. The van der Waals surface area contributed by atoms with Crippen LogP contribution in [-0.2, 0) is 0 Å². The van der Waals surface area contributed by atoms with Crippen molar-refractivity contribution >= 4 is 31.9 Å². The van der Waals surface area contributed by atoms with Gasteiger partial charge in [0.2, 0.25) is 0 Å². The molecule has 3 nitrogen and oxygen atoms in total. The molecule has 0 aromatic heterocycles. The summed E-state index contributed by atoms with van der Waals surface area (Å²) in [6, 6.07) is 0. The van der Waals surface area contributed by atoms with Crippen molar-refractivity contribution in [3.63, 3.8) is 0 Å². The molecular weight excluding hydrogens is 210 g/mol. The van der Waals surface area contributed by atoms with Crippen LogP contribution in [0.5, 0.6) is 0 Å². The summed E-state index contributed by atoms with van der Waals surface area (Å²) in [5, 5.41) is 0. The van der Waals surface area contributed by atoms with Gasteiger partial charge in [0.25, 0.3) is 0 Å². The maximum absolute atomic E-state index is 9.10. The smallest absolute Gasteiger partial charge is 0.688 e. The second-order valence-corrected chi connectivity index (χ2v) is 2.31. The van der Waals surface area contributed by atoms with Crippen LogP contribution in [0, 0.1) is 0 Å². The molecule has 0 atom stereocenters. The van der Waals surface area contributed by atoms with Crippen LogP contribution in [0.1, 0.15) is 0 Å². The topological polar surface area (TPSA) is 69.2 Å². The van der Waals surface area contributed by atoms with Crippen molar-refractivity contribution in [2.24, 2.45) is 0 Å². The van der Waals surface area contributed by atoms with Gasteiger partial charge in [0.15, 0.2) is 0 Å². The minimum atomic E-state index is -4.14. The Balaban J connectivity index is 0. The monoisotopic (exact) mass is 214 g/mol. The van der Waals surface area contributed by atoms with Gasteiger partial charge in [0.05, 0.1) is 0 Å². The molecule has 0 amide bonds. The summed E-state index contributed by atoms with van der Waals surface area (Å²) < 4.78 is 0. The molecule has 34 valence electrons. The Morgan fingerprint density at radius 3 is 1.17 bits per heavy atom. The van der Waals surface area contributed by atoms with Crippen LogP contribution in [0.3, 0.4) is 0 Å². The largest absolute Gasteiger partial charge is 2.00 e. The van der Waals surface area contributed by atoms with Gasteiger partial charge in [-0.05, 0) is 0 Å². The molecule has 0 aliphatic rings. The zero-order chi connectivity index (χ0) is 4.50.